The molecule has 0 saturated carbocycles. The highest BCUT2D eigenvalue weighted by Gasteiger charge is 2.27. The van der Waals surface area contributed by atoms with Gasteiger partial charge < -0.3 is 9.88 Å². The highest BCUT2D eigenvalue weighted by Crippen LogP contribution is 2.11. The van der Waals surface area contributed by atoms with Gasteiger partial charge in [0.2, 0.25) is 5.91 Å². The minimum Gasteiger partial charge on any atom is -0.345 e. The number of carbonyl (C=O) groups excluding carboxylic acids is 1. The summed E-state index contributed by atoms with van der Waals surface area (Å²) in [5.74, 6) is -0.954. The van der Waals surface area contributed by atoms with E-state index in [1.807, 2.05) is 0 Å². The first-order chi connectivity index (χ1) is 8.33. The van der Waals surface area contributed by atoms with E-state index < -0.39 is 30.7 Å². The zero-order valence-corrected chi connectivity index (χ0v) is 8.99. The molecule has 0 atom stereocenters. The fourth-order valence-corrected chi connectivity index (χ4v) is 1.16. The zero-order chi connectivity index (χ0) is 13.8. The Kier molecular flexibility index (Phi) is 4.09. The second kappa shape index (κ2) is 5.35. The van der Waals surface area contributed by atoms with E-state index in [0.717, 1.165) is 4.57 Å². The topological polar surface area (TPSA) is 74.9 Å². The van der Waals surface area contributed by atoms with Crippen LogP contribution in [0.1, 0.15) is 5.56 Å². The van der Waals surface area contributed by atoms with Gasteiger partial charge in [-0.3, -0.25) is 9.59 Å². The Bertz CT molecular complexity index is 543. The molecule has 0 aromatic carbocycles. The monoisotopic (exact) mass is 259 g/mol. The predicted molar refractivity (Wildman–Crippen MR) is 54.5 cm³/mol. The van der Waals surface area contributed by atoms with Crippen LogP contribution in [0.4, 0.5) is 13.2 Å². The minimum atomic E-state index is -4.50. The third kappa shape index (κ3) is 3.93. The van der Waals surface area contributed by atoms with Gasteiger partial charge in [-0.05, 0) is 12.1 Å². The molecule has 5 nitrogen and oxygen atoms in total. The molecule has 1 aromatic rings. The van der Waals surface area contributed by atoms with Gasteiger partial charge in [0, 0.05) is 6.20 Å². The van der Waals surface area contributed by atoms with E-state index in [0.29, 0.717) is 0 Å². The van der Waals surface area contributed by atoms with Gasteiger partial charge in [-0.15, -0.1) is 0 Å². The summed E-state index contributed by atoms with van der Waals surface area (Å²) in [6.45, 7) is -2.02. The summed E-state index contributed by atoms with van der Waals surface area (Å²) in [4.78, 5) is 22.6. The van der Waals surface area contributed by atoms with Gasteiger partial charge in [0.15, 0.2) is 0 Å². The van der Waals surface area contributed by atoms with E-state index in [4.69, 9.17) is 5.26 Å². The van der Waals surface area contributed by atoms with E-state index in [2.05, 4.69) is 0 Å². The van der Waals surface area contributed by atoms with E-state index >= 15 is 0 Å². The second-order valence-corrected chi connectivity index (χ2v) is 3.36. The highest BCUT2D eigenvalue weighted by molar-refractivity contribution is 5.75. The van der Waals surface area contributed by atoms with Crippen molar-refractivity contribution in [3.05, 3.63) is 34.2 Å². The fraction of sp³-hybridized carbons (Fsp3) is 0.300. The lowest BCUT2D eigenvalue weighted by Crippen LogP contribution is -2.37. The first-order valence-electron chi connectivity index (χ1n) is 4.76. The first kappa shape index (κ1) is 13.8. The van der Waals surface area contributed by atoms with Crippen molar-refractivity contribution in [1.82, 2.24) is 9.88 Å². The van der Waals surface area contributed by atoms with Crippen molar-refractivity contribution in [2.75, 3.05) is 6.54 Å². The largest absolute Gasteiger partial charge is 0.405 e. The van der Waals surface area contributed by atoms with E-state index in [1.165, 1.54) is 18.3 Å². The van der Waals surface area contributed by atoms with Crippen LogP contribution in [-0.4, -0.2) is 23.2 Å². The summed E-state index contributed by atoms with van der Waals surface area (Å²) < 4.78 is 36.3. The molecular formula is C10H8F3N3O2. The number of pyridine rings is 1. The fourth-order valence-electron chi connectivity index (χ4n) is 1.16. The Morgan fingerprint density at radius 3 is 2.72 bits per heavy atom. The molecule has 96 valence electrons. The molecule has 0 saturated heterocycles. The Morgan fingerprint density at radius 2 is 2.17 bits per heavy atom. The predicted octanol–water partition coefficient (Wildman–Crippen LogP) is 0.398. The molecule has 1 N–H and O–H groups in total. The van der Waals surface area contributed by atoms with Gasteiger partial charge >= 0.3 is 6.18 Å². The van der Waals surface area contributed by atoms with Crippen LogP contribution < -0.4 is 10.9 Å². The molecule has 0 aliphatic heterocycles. The van der Waals surface area contributed by atoms with Gasteiger partial charge in [0.05, 0.1) is 0 Å². The molecule has 1 rings (SSSR count). The van der Waals surface area contributed by atoms with Crippen LogP contribution >= 0.6 is 0 Å². The number of nitriles is 1. The molecule has 0 unspecified atom stereocenters. The van der Waals surface area contributed by atoms with Gasteiger partial charge in [0.25, 0.3) is 5.56 Å². The molecule has 0 fully saturated rings. The Balaban J connectivity index is 2.72. The zero-order valence-electron chi connectivity index (χ0n) is 8.99. The molecule has 0 spiro atoms. The molecule has 0 radical (unpaired) electrons. The maximum absolute atomic E-state index is 11.8. The van der Waals surface area contributed by atoms with Crippen LogP contribution in [0.5, 0.6) is 0 Å². The molecule has 0 aliphatic carbocycles. The lowest BCUT2D eigenvalue weighted by Gasteiger charge is -2.09. The van der Waals surface area contributed by atoms with Crippen LogP contribution in [0.15, 0.2) is 23.1 Å². The molecule has 0 bridgehead atoms. The lowest BCUT2D eigenvalue weighted by atomic mass is 10.3. The van der Waals surface area contributed by atoms with Crippen LogP contribution in [-0.2, 0) is 11.3 Å². The number of hydrogen-bond donors (Lipinski definition) is 1. The molecule has 1 amide bonds. The van der Waals surface area contributed by atoms with Gasteiger partial charge in [0.1, 0.15) is 24.7 Å². The van der Waals surface area contributed by atoms with Crippen LogP contribution in [0.25, 0.3) is 0 Å². The molecule has 1 heterocycles. The first-order valence-corrected chi connectivity index (χ1v) is 4.76. The second-order valence-electron chi connectivity index (χ2n) is 3.36. The van der Waals surface area contributed by atoms with Gasteiger partial charge in [-0.2, -0.15) is 18.4 Å². The van der Waals surface area contributed by atoms with E-state index in [9.17, 15) is 22.8 Å². The van der Waals surface area contributed by atoms with Gasteiger partial charge in [-0.1, -0.05) is 0 Å². The summed E-state index contributed by atoms with van der Waals surface area (Å²) in [6.07, 6.45) is -3.29. The maximum atomic E-state index is 11.8. The molecule has 0 aliphatic rings. The van der Waals surface area contributed by atoms with Crippen molar-refractivity contribution in [3.63, 3.8) is 0 Å². The summed E-state index contributed by atoms with van der Waals surface area (Å²) in [7, 11) is 0. The van der Waals surface area contributed by atoms with Crippen molar-refractivity contribution in [2.45, 2.75) is 12.7 Å². The molecule has 8 heteroatoms. The van der Waals surface area contributed by atoms with Crippen LogP contribution in [0.2, 0.25) is 0 Å². The normalized spacial score (nSPS) is 10.8. The van der Waals surface area contributed by atoms with Crippen LogP contribution in [0, 0.1) is 11.3 Å². The van der Waals surface area contributed by atoms with Crippen molar-refractivity contribution >= 4 is 5.91 Å². The summed E-state index contributed by atoms with van der Waals surface area (Å²) in [6, 6.07) is 4.23. The molecule has 18 heavy (non-hydrogen) atoms. The summed E-state index contributed by atoms with van der Waals surface area (Å²) in [5.41, 5.74) is -0.900. The highest BCUT2D eigenvalue weighted by atomic mass is 19.4. The Morgan fingerprint density at radius 1 is 1.50 bits per heavy atom. The number of amides is 1. The van der Waals surface area contributed by atoms with E-state index in [1.54, 1.807) is 11.4 Å². The molecular weight excluding hydrogens is 251 g/mol. The number of nitrogens with zero attached hydrogens (tertiary/aromatic N) is 2. The average Bonchev–Trinajstić information content (AvgIpc) is 2.28. The third-order valence-corrected chi connectivity index (χ3v) is 1.94. The van der Waals surface area contributed by atoms with Crippen molar-refractivity contribution in [2.24, 2.45) is 0 Å². The maximum Gasteiger partial charge on any atom is 0.405 e. The number of aromatic nitrogens is 1. The number of halogens is 3. The lowest BCUT2D eigenvalue weighted by molar-refractivity contribution is -0.138. The smallest absolute Gasteiger partial charge is 0.345 e. The number of rotatable bonds is 3. The SMILES string of the molecule is N#Cc1cccn(CC(=O)NCC(F)(F)F)c1=O. The number of nitrogens with one attached hydrogen (secondary N) is 1. The van der Waals surface area contributed by atoms with E-state index in [-0.39, 0.29) is 5.56 Å². The van der Waals surface area contributed by atoms with Crippen molar-refractivity contribution < 1.29 is 18.0 Å². The quantitative estimate of drug-likeness (QED) is 0.853. The molecule has 1 aromatic heterocycles. The van der Waals surface area contributed by atoms with Crippen molar-refractivity contribution in [1.29, 1.82) is 5.26 Å². The third-order valence-electron chi connectivity index (χ3n) is 1.94. The number of alkyl halides is 3. The number of hydrogen-bond acceptors (Lipinski definition) is 3. The van der Waals surface area contributed by atoms with Crippen LogP contribution in [0.3, 0.4) is 0 Å². The Labute approximate surface area is 99.4 Å². The Hall–Kier alpha value is -2.30. The van der Waals surface area contributed by atoms with Gasteiger partial charge in [-0.25, -0.2) is 0 Å². The summed E-state index contributed by atoms with van der Waals surface area (Å²) in [5, 5.41) is 10.2. The van der Waals surface area contributed by atoms with Crippen molar-refractivity contribution in [3.8, 4) is 6.07 Å². The number of carbonyl (C=O) groups is 1. The average molecular weight is 259 g/mol. The summed E-state index contributed by atoms with van der Waals surface area (Å²) >= 11 is 0. The minimum absolute atomic E-state index is 0.180. The standard InChI is InChI=1S/C10H8F3N3O2/c11-10(12,13)6-15-8(17)5-16-3-1-2-7(4-14)9(16)18/h1-3H,5-6H2,(H,15,17).